The fourth-order valence-corrected chi connectivity index (χ4v) is 1.36. The highest BCUT2D eigenvalue weighted by molar-refractivity contribution is 5.89. The maximum absolute atomic E-state index is 5.23. The third-order valence-corrected chi connectivity index (χ3v) is 2.29. The first kappa shape index (κ1) is 9.00. The molecular weight excluding hydrogens is 174 g/mol. The molecule has 1 heterocycles. The first-order valence-electron chi connectivity index (χ1n) is 4.67. The van der Waals surface area contributed by atoms with Crippen molar-refractivity contribution in [3.05, 3.63) is 41.5 Å². The normalized spacial score (nSPS) is 21.1. The van der Waals surface area contributed by atoms with Gasteiger partial charge in [0.15, 0.2) is 5.60 Å². The first-order chi connectivity index (χ1) is 6.68. The van der Waals surface area contributed by atoms with Crippen molar-refractivity contribution in [2.24, 2.45) is 5.16 Å². The summed E-state index contributed by atoms with van der Waals surface area (Å²) >= 11 is 0. The van der Waals surface area contributed by atoms with Gasteiger partial charge < -0.3 is 4.84 Å². The molecule has 0 bridgehead atoms. The first-order valence-corrected chi connectivity index (χ1v) is 4.67. The van der Waals surface area contributed by atoms with Crippen molar-refractivity contribution in [3.63, 3.8) is 0 Å². The van der Waals surface area contributed by atoms with E-state index in [9.17, 15) is 0 Å². The summed E-state index contributed by atoms with van der Waals surface area (Å²) in [5.74, 6) is 0. The lowest BCUT2D eigenvalue weighted by atomic mass is 9.97. The minimum Gasteiger partial charge on any atom is -0.385 e. The topological polar surface area (TPSA) is 21.6 Å². The van der Waals surface area contributed by atoms with E-state index in [0.717, 1.165) is 5.57 Å². The molecular formula is C12H13NO. The minimum atomic E-state index is -0.296. The van der Waals surface area contributed by atoms with Crippen LogP contribution in [0.15, 0.2) is 41.1 Å². The van der Waals surface area contributed by atoms with Crippen LogP contribution >= 0.6 is 0 Å². The summed E-state index contributed by atoms with van der Waals surface area (Å²) in [5, 5.41) is 3.82. The molecule has 0 amide bonds. The molecule has 14 heavy (non-hydrogen) atoms. The van der Waals surface area contributed by atoms with E-state index in [1.807, 2.05) is 32.0 Å². The van der Waals surface area contributed by atoms with Crippen molar-refractivity contribution >= 4 is 12.3 Å². The van der Waals surface area contributed by atoms with Gasteiger partial charge in [-0.25, -0.2) is 0 Å². The van der Waals surface area contributed by atoms with Gasteiger partial charge in [0, 0.05) is 5.57 Å². The van der Waals surface area contributed by atoms with E-state index in [1.54, 1.807) is 6.21 Å². The van der Waals surface area contributed by atoms with Crippen LogP contribution in [-0.4, -0.2) is 11.8 Å². The molecule has 0 saturated heterocycles. The Kier molecular flexibility index (Phi) is 2.12. The van der Waals surface area contributed by atoms with E-state index in [-0.39, 0.29) is 5.60 Å². The molecule has 2 nitrogen and oxygen atoms in total. The van der Waals surface area contributed by atoms with E-state index in [2.05, 4.69) is 23.4 Å². The summed E-state index contributed by atoms with van der Waals surface area (Å²) in [6, 6.07) is 10.2. The Morgan fingerprint density at radius 1 is 1.21 bits per heavy atom. The highest BCUT2D eigenvalue weighted by atomic mass is 16.7. The monoisotopic (exact) mass is 187 g/mol. The molecule has 1 aliphatic rings. The molecule has 2 heteroatoms. The van der Waals surface area contributed by atoms with Crippen LogP contribution in [0.3, 0.4) is 0 Å². The standard InChI is InChI=1S/C12H13NO/c1-12(2)11(9-13-14-12)8-10-6-4-3-5-7-10/h3-9H,1-2H3/b11-8-. The molecule has 0 N–H and O–H groups in total. The molecule has 72 valence electrons. The molecule has 0 aliphatic carbocycles. The predicted molar refractivity (Wildman–Crippen MR) is 58.1 cm³/mol. The van der Waals surface area contributed by atoms with E-state index in [1.165, 1.54) is 5.56 Å². The smallest absolute Gasteiger partial charge is 0.158 e. The second-order valence-corrected chi connectivity index (χ2v) is 3.85. The Bertz CT molecular complexity index is 377. The lowest BCUT2D eigenvalue weighted by Crippen LogP contribution is -2.20. The van der Waals surface area contributed by atoms with Crippen molar-refractivity contribution in [1.82, 2.24) is 0 Å². The van der Waals surface area contributed by atoms with Crippen molar-refractivity contribution in [1.29, 1.82) is 0 Å². The minimum absolute atomic E-state index is 0.296. The Balaban J connectivity index is 2.32. The van der Waals surface area contributed by atoms with Crippen LogP contribution in [0.4, 0.5) is 0 Å². The summed E-state index contributed by atoms with van der Waals surface area (Å²) < 4.78 is 0. The zero-order valence-corrected chi connectivity index (χ0v) is 8.40. The molecule has 0 spiro atoms. The van der Waals surface area contributed by atoms with Crippen LogP contribution in [0.1, 0.15) is 19.4 Å². The Hall–Kier alpha value is -1.57. The van der Waals surface area contributed by atoms with Crippen molar-refractivity contribution in [2.45, 2.75) is 19.4 Å². The maximum Gasteiger partial charge on any atom is 0.158 e. The van der Waals surface area contributed by atoms with Gasteiger partial charge in [-0.1, -0.05) is 35.5 Å². The van der Waals surface area contributed by atoms with Gasteiger partial charge in [-0.2, -0.15) is 0 Å². The van der Waals surface area contributed by atoms with Gasteiger partial charge in [-0.15, -0.1) is 0 Å². The molecule has 0 saturated carbocycles. The fourth-order valence-electron chi connectivity index (χ4n) is 1.36. The Morgan fingerprint density at radius 2 is 1.93 bits per heavy atom. The molecule has 0 fully saturated rings. The summed E-state index contributed by atoms with van der Waals surface area (Å²) in [7, 11) is 0. The number of hydrogen-bond donors (Lipinski definition) is 0. The second-order valence-electron chi connectivity index (χ2n) is 3.85. The van der Waals surface area contributed by atoms with Crippen LogP contribution in [0.2, 0.25) is 0 Å². The van der Waals surface area contributed by atoms with Crippen LogP contribution in [0.5, 0.6) is 0 Å². The average molecular weight is 187 g/mol. The zero-order valence-electron chi connectivity index (χ0n) is 8.40. The highest BCUT2D eigenvalue weighted by Gasteiger charge is 2.28. The van der Waals surface area contributed by atoms with Gasteiger partial charge in [0.1, 0.15) is 0 Å². The third-order valence-electron chi connectivity index (χ3n) is 2.29. The molecule has 1 aromatic rings. The molecule has 0 radical (unpaired) electrons. The van der Waals surface area contributed by atoms with E-state index in [4.69, 9.17) is 4.84 Å². The quantitative estimate of drug-likeness (QED) is 0.662. The van der Waals surface area contributed by atoms with Gasteiger partial charge in [0.05, 0.1) is 6.21 Å². The Morgan fingerprint density at radius 3 is 2.50 bits per heavy atom. The maximum atomic E-state index is 5.23. The van der Waals surface area contributed by atoms with Gasteiger partial charge in [0.25, 0.3) is 0 Å². The van der Waals surface area contributed by atoms with E-state index < -0.39 is 0 Å². The molecule has 1 aliphatic heterocycles. The van der Waals surface area contributed by atoms with Gasteiger partial charge in [0.2, 0.25) is 0 Å². The second kappa shape index (κ2) is 3.29. The largest absolute Gasteiger partial charge is 0.385 e. The van der Waals surface area contributed by atoms with Crippen LogP contribution in [-0.2, 0) is 4.84 Å². The highest BCUT2D eigenvalue weighted by Crippen LogP contribution is 2.26. The van der Waals surface area contributed by atoms with Crippen molar-refractivity contribution in [2.75, 3.05) is 0 Å². The lowest BCUT2D eigenvalue weighted by Gasteiger charge is -2.16. The van der Waals surface area contributed by atoms with Crippen molar-refractivity contribution in [3.8, 4) is 0 Å². The van der Waals surface area contributed by atoms with Gasteiger partial charge in [-0.3, -0.25) is 0 Å². The summed E-state index contributed by atoms with van der Waals surface area (Å²) in [6.45, 7) is 4.02. The van der Waals surface area contributed by atoms with Crippen LogP contribution in [0.25, 0.3) is 6.08 Å². The molecule has 2 rings (SSSR count). The van der Waals surface area contributed by atoms with Crippen LogP contribution in [0, 0.1) is 0 Å². The SMILES string of the molecule is CC1(C)ON=C/C1=C/c1ccccc1. The van der Waals surface area contributed by atoms with Gasteiger partial charge in [-0.05, 0) is 25.5 Å². The fraction of sp³-hybridized carbons (Fsp3) is 0.250. The molecule has 0 unspecified atom stereocenters. The number of nitrogens with zero attached hydrogens (tertiary/aromatic N) is 1. The van der Waals surface area contributed by atoms with E-state index >= 15 is 0 Å². The third kappa shape index (κ3) is 1.69. The van der Waals surface area contributed by atoms with Crippen molar-refractivity contribution < 1.29 is 4.84 Å². The molecule has 0 aromatic heterocycles. The van der Waals surface area contributed by atoms with Crippen LogP contribution < -0.4 is 0 Å². The summed E-state index contributed by atoms with van der Waals surface area (Å²) in [5.41, 5.74) is 1.98. The number of oxime groups is 1. The zero-order chi connectivity index (χ0) is 10.0. The molecule has 0 atom stereocenters. The molecule has 1 aromatic carbocycles. The summed E-state index contributed by atoms with van der Waals surface area (Å²) in [4.78, 5) is 5.23. The predicted octanol–water partition coefficient (Wildman–Crippen LogP) is 2.86. The average Bonchev–Trinajstić information content (AvgIpc) is 2.48. The van der Waals surface area contributed by atoms with Gasteiger partial charge >= 0.3 is 0 Å². The van der Waals surface area contributed by atoms with E-state index in [0.29, 0.717) is 0 Å². The Labute approximate surface area is 83.9 Å². The number of hydrogen-bond acceptors (Lipinski definition) is 2. The number of benzene rings is 1. The lowest BCUT2D eigenvalue weighted by molar-refractivity contribution is 0.0356. The number of rotatable bonds is 1. The summed E-state index contributed by atoms with van der Waals surface area (Å²) in [6.07, 6.45) is 3.86.